The maximum absolute atomic E-state index is 12.6. The summed E-state index contributed by atoms with van der Waals surface area (Å²) < 4.78 is 0. The van der Waals surface area contributed by atoms with Gasteiger partial charge in [-0.05, 0) is 50.2 Å². The predicted octanol–water partition coefficient (Wildman–Crippen LogP) is 3.48. The van der Waals surface area contributed by atoms with Gasteiger partial charge in [-0.25, -0.2) is 9.59 Å². The number of hydrogen-bond donors (Lipinski definition) is 3. The van der Waals surface area contributed by atoms with Crippen LogP contribution in [0.5, 0.6) is 0 Å². The molecule has 0 spiro atoms. The van der Waals surface area contributed by atoms with E-state index in [-0.39, 0.29) is 18.1 Å². The van der Waals surface area contributed by atoms with E-state index in [4.69, 9.17) is 17.3 Å². The number of rotatable bonds is 6. The zero-order valence-corrected chi connectivity index (χ0v) is 16.5. The molecule has 146 valence electrons. The molecule has 1 saturated heterocycles. The molecule has 2 atom stereocenters. The van der Waals surface area contributed by atoms with E-state index < -0.39 is 6.03 Å². The van der Waals surface area contributed by atoms with Gasteiger partial charge < -0.3 is 21.3 Å². The fraction of sp³-hybridized carbons (Fsp3) is 0.684. The Labute approximate surface area is 161 Å². The van der Waals surface area contributed by atoms with E-state index in [1.54, 1.807) is 4.90 Å². The molecule has 4 amide bonds. The van der Waals surface area contributed by atoms with Gasteiger partial charge in [0.2, 0.25) is 0 Å². The molecule has 0 aromatic carbocycles. The molecule has 6 nitrogen and oxygen atoms in total. The van der Waals surface area contributed by atoms with Crippen molar-refractivity contribution < 1.29 is 9.59 Å². The van der Waals surface area contributed by atoms with Crippen molar-refractivity contribution in [2.45, 2.75) is 64.5 Å². The third kappa shape index (κ3) is 5.66. The molecule has 0 aromatic heterocycles. The van der Waals surface area contributed by atoms with Gasteiger partial charge in [-0.1, -0.05) is 37.4 Å². The standard InChI is InChI=1S/C19H31ClN4O2/c1-3-13(11-15(20)4-2)17(14-7-5-6-8-14)23-19(26)22-16-9-10-24(12-16)18(21)25/h3,11,14,16-17H,4-10,12H2,1-2H3,(H2,21,25)(H2,22,23,26)/b13-3+,15-11+. The van der Waals surface area contributed by atoms with E-state index in [1.807, 2.05) is 26.0 Å². The third-order valence-corrected chi connectivity index (χ3v) is 5.72. The van der Waals surface area contributed by atoms with Crippen molar-refractivity contribution in [3.63, 3.8) is 0 Å². The second kappa shape index (κ2) is 9.86. The molecule has 26 heavy (non-hydrogen) atoms. The fourth-order valence-electron chi connectivity index (χ4n) is 3.85. The van der Waals surface area contributed by atoms with Crippen LogP contribution in [0.2, 0.25) is 0 Å². The number of nitrogens with two attached hydrogens (primary N) is 1. The minimum Gasteiger partial charge on any atom is -0.351 e. The fourth-order valence-corrected chi connectivity index (χ4v) is 3.97. The smallest absolute Gasteiger partial charge is 0.315 e. The molecule has 1 aliphatic heterocycles. The summed E-state index contributed by atoms with van der Waals surface area (Å²) in [7, 11) is 0. The van der Waals surface area contributed by atoms with Gasteiger partial charge in [-0.15, -0.1) is 0 Å². The molecule has 4 N–H and O–H groups in total. The molecule has 1 aliphatic carbocycles. The second-order valence-electron chi connectivity index (χ2n) is 7.14. The molecule has 2 aliphatic rings. The lowest BCUT2D eigenvalue weighted by atomic mass is 9.90. The van der Waals surface area contributed by atoms with Gasteiger partial charge in [0.25, 0.3) is 0 Å². The number of urea groups is 2. The minimum atomic E-state index is -0.436. The van der Waals surface area contributed by atoms with Gasteiger partial charge in [-0.2, -0.15) is 0 Å². The number of hydrogen-bond acceptors (Lipinski definition) is 2. The highest BCUT2D eigenvalue weighted by Crippen LogP contribution is 2.32. The topological polar surface area (TPSA) is 87.5 Å². The molecule has 1 saturated carbocycles. The average molecular weight is 383 g/mol. The van der Waals surface area contributed by atoms with Gasteiger partial charge in [0, 0.05) is 24.2 Å². The summed E-state index contributed by atoms with van der Waals surface area (Å²) in [6.07, 6.45) is 10.1. The van der Waals surface area contributed by atoms with Crippen LogP contribution in [0.4, 0.5) is 9.59 Å². The number of amides is 4. The molecule has 1 heterocycles. The lowest BCUT2D eigenvalue weighted by Crippen LogP contribution is -2.49. The van der Waals surface area contributed by atoms with Crippen molar-refractivity contribution >= 4 is 23.7 Å². The highest BCUT2D eigenvalue weighted by atomic mass is 35.5. The van der Waals surface area contributed by atoms with E-state index in [1.165, 1.54) is 12.8 Å². The SMILES string of the molecule is C/C=C(\C=C(\Cl)CC)C(NC(=O)NC1CCN(C(N)=O)C1)C1CCCC1. The molecule has 2 unspecified atom stereocenters. The van der Waals surface area contributed by atoms with Crippen molar-refractivity contribution in [1.29, 1.82) is 0 Å². The maximum Gasteiger partial charge on any atom is 0.315 e. The summed E-state index contributed by atoms with van der Waals surface area (Å²) in [5, 5.41) is 6.93. The van der Waals surface area contributed by atoms with Crippen LogP contribution in [0.1, 0.15) is 52.4 Å². The van der Waals surface area contributed by atoms with Crippen molar-refractivity contribution in [1.82, 2.24) is 15.5 Å². The summed E-state index contributed by atoms with van der Waals surface area (Å²) in [5.74, 6) is 0.426. The lowest BCUT2D eigenvalue weighted by molar-refractivity contribution is 0.215. The maximum atomic E-state index is 12.6. The molecule has 0 bridgehead atoms. The monoisotopic (exact) mass is 382 g/mol. The first-order valence-corrected chi connectivity index (χ1v) is 9.96. The first-order chi connectivity index (χ1) is 12.4. The van der Waals surface area contributed by atoms with Crippen LogP contribution in [0.15, 0.2) is 22.8 Å². The summed E-state index contributed by atoms with van der Waals surface area (Å²) in [5.41, 5.74) is 6.36. The number of carbonyl (C=O) groups excluding carboxylic acids is 2. The highest BCUT2D eigenvalue weighted by Gasteiger charge is 2.30. The Morgan fingerprint density at radius 1 is 1.31 bits per heavy atom. The molecule has 2 fully saturated rings. The number of nitrogens with zero attached hydrogens (tertiary/aromatic N) is 1. The van der Waals surface area contributed by atoms with Crippen LogP contribution in [0, 0.1) is 5.92 Å². The molecular formula is C19H31ClN4O2. The number of carbonyl (C=O) groups is 2. The quantitative estimate of drug-likeness (QED) is 0.614. The Morgan fingerprint density at radius 2 is 2.00 bits per heavy atom. The predicted molar refractivity (Wildman–Crippen MR) is 105 cm³/mol. The number of nitrogens with one attached hydrogen (secondary N) is 2. The number of likely N-dealkylation sites (tertiary alicyclic amines) is 1. The van der Waals surface area contributed by atoms with Gasteiger partial charge >= 0.3 is 12.1 Å². The van der Waals surface area contributed by atoms with Crippen molar-refractivity contribution in [2.75, 3.05) is 13.1 Å². The minimum absolute atomic E-state index is 0.0450. The molecule has 7 heteroatoms. The summed E-state index contributed by atoms with van der Waals surface area (Å²) in [4.78, 5) is 25.4. The Bertz CT molecular complexity index is 570. The van der Waals surface area contributed by atoms with Gasteiger partial charge in [0.05, 0.1) is 6.04 Å². The average Bonchev–Trinajstić information content (AvgIpc) is 3.29. The van der Waals surface area contributed by atoms with Crippen LogP contribution in [-0.4, -0.2) is 42.1 Å². The molecular weight excluding hydrogens is 352 g/mol. The molecule has 0 aromatic rings. The Balaban J connectivity index is 2.02. The van der Waals surface area contributed by atoms with Crippen LogP contribution in [-0.2, 0) is 0 Å². The Kier molecular flexibility index (Phi) is 7.82. The zero-order chi connectivity index (χ0) is 19.1. The van der Waals surface area contributed by atoms with E-state index >= 15 is 0 Å². The van der Waals surface area contributed by atoms with Crippen LogP contribution in [0.25, 0.3) is 0 Å². The van der Waals surface area contributed by atoms with Crippen molar-refractivity contribution in [3.05, 3.63) is 22.8 Å². The Hall–Kier alpha value is -1.69. The van der Waals surface area contributed by atoms with Crippen molar-refractivity contribution in [3.8, 4) is 0 Å². The van der Waals surface area contributed by atoms with E-state index in [0.29, 0.717) is 19.0 Å². The Morgan fingerprint density at radius 3 is 2.54 bits per heavy atom. The van der Waals surface area contributed by atoms with Crippen molar-refractivity contribution in [2.24, 2.45) is 11.7 Å². The largest absolute Gasteiger partial charge is 0.351 e. The number of halogens is 1. The van der Waals surface area contributed by atoms with E-state index in [2.05, 4.69) is 10.6 Å². The second-order valence-corrected chi connectivity index (χ2v) is 7.63. The zero-order valence-electron chi connectivity index (χ0n) is 15.8. The number of primary amides is 1. The highest BCUT2D eigenvalue weighted by molar-refractivity contribution is 6.29. The summed E-state index contributed by atoms with van der Waals surface area (Å²) in [6.45, 7) is 5.05. The third-order valence-electron chi connectivity index (χ3n) is 5.35. The van der Waals surface area contributed by atoms with Crippen LogP contribution >= 0.6 is 11.6 Å². The first kappa shape index (κ1) is 20.6. The van der Waals surface area contributed by atoms with Gasteiger partial charge in [0.1, 0.15) is 0 Å². The summed E-state index contributed by atoms with van der Waals surface area (Å²) in [6, 6.07) is -0.736. The molecule has 0 radical (unpaired) electrons. The lowest BCUT2D eigenvalue weighted by Gasteiger charge is -2.27. The normalized spacial score (nSPS) is 23.2. The molecule has 2 rings (SSSR count). The van der Waals surface area contributed by atoms with E-state index in [9.17, 15) is 9.59 Å². The van der Waals surface area contributed by atoms with Gasteiger partial charge in [0.15, 0.2) is 0 Å². The summed E-state index contributed by atoms with van der Waals surface area (Å²) >= 11 is 6.25. The van der Waals surface area contributed by atoms with Crippen LogP contribution in [0.3, 0.4) is 0 Å². The van der Waals surface area contributed by atoms with Crippen LogP contribution < -0.4 is 16.4 Å². The number of allylic oxidation sites excluding steroid dienone is 2. The van der Waals surface area contributed by atoms with E-state index in [0.717, 1.165) is 36.3 Å². The van der Waals surface area contributed by atoms with Gasteiger partial charge in [-0.3, -0.25) is 0 Å². The first-order valence-electron chi connectivity index (χ1n) is 9.58.